The summed E-state index contributed by atoms with van der Waals surface area (Å²) in [6, 6.07) is 9.02. The lowest BCUT2D eigenvalue weighted by Gasteiger charge is -2.25. The molecule has 1 aliphatic heterocycles. The van der Waals surface area contributed by atoms with Gasteiger partial charge in [0.25, 0.3) is 5.91 Å². The second-order valence-electron chi connectivity index (χ2n) is 6.46. The number of H-pyrrole nitrogens is 1. The predicted octanol–water partition coefficient (Wildman–Crippen LogP) is 3.77. The van der Waals surface area contributed by atoms with Crippen molar-refractivity contribution in [3.8, 4) is 22.6 Å². The van der Waals surface area contributed by atoms with Crippen molar-refractivity contribution >= 4 is 17.6 Å². The molecule has 0 saturated heterocycles. The van der Waals surface area contributed by atoms with Crippen LogP contribution < -0.4 is 14.8 Å². The quantitative estimate of drug-likeness (QED) is 0.502. The standard InChI is InChI=1S/C18H13F2N3O3.C2HF3O2/c19-12-5-11(6-13(20)17(12)10-7-21-22-8-10)23-18(24)16-9-25-14-3-1-2-4-15(14)26-16;3-2(4,5)1(6)7/h1-8,16H,9H2,(H,21,22)(H,23,24);(H,6,7). The number of para-hydroxylation sites is 2. The van der Waals surface area contributed by atoms with Crippen molar-refractivity contribution in [3.63, 3.8) is 0 Å². The molecule has 4 rings (SSSR count). The van der Waals surface area contributed by atoms with Crippen LogP contribution in [0.1, 0.15) is 0 Å². The molecule has 2 aromatic carbocycles. The van der Waals surface area contributed by atoms with Crippen LogP contribution in [0.5, 0.6) is 11.5 Å². The van der Waals surface area contributed by atoms with Crippen molar-refractivity contribution in [2.24, 2.45) is 0 Å². The van der Waals surface area contributed by atoms with E-state index in [1.807, 2.05) is 0 Å². The topological polar surface area (TPSA) is 114 Å². The highest BCUT2D eigenvalue weighted by molar-refractivity contribution is 5.95. The monoisotopic (exact) mass is 471 g/mol. The van der Waals surface area contributed by atoms with E-state index in [0.717, 1.165) is 12.1 Å². The van der Waals surface area contributed by atoms with E-state index in [4.69, 9.17) is 19.4 Å². The smallest absolute Gasteiger partial charge is 0.485 e. The number of aromatic nitrogens is 2. The van der Waals surface area contributed by atoms with Crippen LogP contribution in [0.3, 0.4) is 0 Å². The number of carbonyl (C=O) groups excluding carboxylic acids is 1. The minimum atomic E-state index is -5.08. The molecule has 1 unspecified atom stereocenters. The number of alkyl halides is 3. The fourth-order valence-corrected chi connectivity index (χ4v) is 2.68. The Labute approximate surface area is 181 Å². The Hall–Kier alpha value is -4.16. The van der Waals surface area contributed by atoms with Crippen molar-refractivity contribution in [2.75, 3.05) is 11.9 Å². The summed E-state index contributed by atoms with van der Waals surface area (Å²) in [4.78, 5) is 21.2. The van der Waals surface area contributed by atoms with Crippen LogP contribution >= 0.6 is 0 Å². The van der Waals surface area contributed by atoms with Gasteiger partial charge in [0.1, 0.15) is 18.2 Å². The molecule has 0 radical (unpaired) electrons. The third kappa shape index (κ3) is 5.75. The summed E-state index contributed by atoms with van der Waals surface area (Å²) in [7, 11) is 0. The van der Waals surface area contributed by atoms with Gasteiger partial charge in [-0.05, 0) is 24.3 Å². The molecule has 3 aromatic rings. The molecule has 8 nitrogen and oxygen atoms in total. The first kappa shape index (κ1) is 23.5. The molecule has 1 aliphatic rings. The number of aromatic amines is 1. The fourth-order valence-electron chi connectivity index (χ4n) is 2.68. The number of rotatable bonds is 3. The van der Waals surface area contributed by atoms with Crippen LogP contribution in [-0.4, -0.2) is 46.1 Å². The molecule has 0 saturated carbocycles. The van der Waals surface area contributed by atoms with Gasteiger partial charge in [0.05, 0.1) is 11.8 Å². The second-order valence-corrected chi connectivity index (χ2v) is 6.46. The average Bonchev–Trinajstić information content (AvgIpc) is 3.27. The molecule has 2 heterocycles. The molecule has 174 valence electrons. The van der Waals surface area contributed by atoms with E-state index >= 15 is 0 Å². The molecule has 0 bridgehead atoms. The maximum atomic E-state index is 14.3. The summed E-state index contributed by atoms with van der Waals surface area (Å²) >= 11 is 0. The number of halogens is 5. The van der Waals surface area contributed by atoms with E-state index in [0.29, 0.717) is 11.5 Å². The van der Waals surface area contributed by atoms with Crippen molar-refractivity contribution in [1.29, 1.82) is 0 Å². The predicted molar refractivity (Wildman–Crippen MR) is 103 cm³/mol. The minimum Gasteiger partial charge on any atom is -0.485 e. The van der Waals surface area contributed by atoms with Gasteiger partial charge in [0.2, 0.25) is 6.10 Å². The number of anilines is 1. The van der Waals surface area contributed by atoms with Crippen molar-refractivity contribution in [1.82, 2.24) is 10.2 Å². The van der Waals surface area contributed by atoms with Crippen LogP contribution in [0, 0.1) is 11.6 Å². The number of carbonyl (C=O) groups is 2. The van der Waals surface area contributed by atoms with Gasteiger partial charge in [0, 0.05) is 17.4 Å². The molecular formula is C20H14F5N3O5. The van der Waals surface area contributed by atoms with E-state index < -0.39 is 35.8 Å². The van der Waals surface area contributed by atoms with Crippen molar-refractivity contribution in [2.45, 2.75) is 12.3 Å². The number of fused-ring (bicyclic) bond motifs is 1. The molecule has 1 aromatic heterocycles. The number of aliphatic carboxylic acids is 1. The van der Waals surface area contributed by atoms with Gasteiger partial charge in [-0.2, -0.15) is 18.3 Å². The van der Waals surface area contributed by atoms with Crippen LogP contribution in [0.15, 0.2) is 48.8 Å². The largest absolute Gasteiger partial charge is 0.490 e. The van der Waals surface area contributed by atoms with E-state index in [1.54, 1.807) is 24.3 Å². The first-order chi connectivity index (χ1) is 15.6. The summed E-state index contributed by atoms with van der Waals surface area (Å²) in [5, 5.41) is 15.7. The Balaban J connectivity index is 0.000000383. The third-order valence-corrected chi connectivity index (χ3v) is 4.14. The van der Waals surface area contributed by atoms with E-state index in [-0.39, 0.29) is 23.4 Å². The zero-order valence-electron chi connectivity index (χ0n) is 16.3. The Morgan fingerprint density at radius 3 is 2.27 bits per heavy atom. The highest BCUT2D eigenvalue weighted by Gasteiger charge is 2.38. The molecular weight excluding hydrogens is 457 g/mol. The molecule has 1 atom stereocenters. The Morgan fingerprint density at radius 2 is 1.73 bits per heavy atom. The minimum absolute atomic E-state index is 0.000907. The lowest BCUT2D eigenvalue weighted by Crippen LogP contribution is -2.40. The Morgan fingerprint density at radius 1 is 1.12 bits per heavy atom. The third-order valence-electron chi connectivity index (χ3n) is 4.14. The Kier molecular flexibility index (Phi) is 6.80. The van der Waals surface area contributed by atoms with Gasteiger partial charge in [-0.15, -0.1) is 0 Å². The van der Waals surface area contributed by atoms with Gasteiger partial charge >= 0.3 is 12.1 Å². The van der Waals surface area contributed by atoms with Crippen LogP contribution in [0.2, 0.25) is 0 Å². The van der Waals surface area contributed by atoms with Crippen molar-refractivity contribution < 1.29 is 46.1 Å². The van der Waals surface area contributed by atoms with E-state index in [1.165, 1.54) is 12.4 Å². The average molecular weight is 471 g/mol. The lowest BCUT2D eigenvalue weighted by molar-refractivity contribution is -0.192. The number of benzene rings is 2. The van der Waals surface area contributed by atoms with Gasteiger partial charge in [-0.1, -0.05) is 12.1 Å². The zero-order chi connectivity index (χ0) is 24.2. The molecule has 0 spiro atoms. The number of nitrogens with zero attached hydrogens (tertiary/aromatic N) is 1. The van der Waals surface area contributed by atoms with E-state index in [9.17, 15) is 26.7 Å². The molecule has 13 heteroatoms. The summed E-state index contributed by atoms with van der Waals surface area (Å²) < 4.78 is 71.3. The van der Waals surface area contributed by atoms with Gasteiger partial charge in [-0.3, -0.25) is 9.89 Å². The van der Waals surface area contributed by atoms with Crippen LogP contribution in [0.4, 0.5) is 27.6 Å². The summed E-state index contributed by atoms with van der Waals surface area (Å²) in [5.41, 5.74) is 0.0427. The number of hydrogen-bond donors (Lipinski definition) is 3. The number of ether oxygens (including phenoxy) is 2. The molecule has 33 heavy (non-hydrogen) atoms. The summed E-state index contributed by atoms with van der Waals surface area (Å²) in [6.07, 6.45) is -3.32. The number of amides is 1. The first-order valence-corrected chi connectivity index (χ1v) is 9.04. The Bertz CT molecular complexity index is 1130. The molecule has 0 aliphatic carbocycles. The SMILES string of the molecule is O=C(Nc1cc(F)c(-c2cn[nH]c2)c(F)c1)C1COc2ccccc2O1.O=C(O)C(F)(F)F. The number of nitrogens with one attached hydrogen (secondary N) is 2. The second kappa shape index (κ2) is 9.54. The van der Waals surface area contributed by atoms with E-state index in [2.05, 4.69) is 15.5 Å². The van der Waals surface area contributed by atoms with Gasteiger partial charge < -0.3 is 19.9 Å². The molecule has 1 amide bonds. The maximum Gasteiger partial charge on any atom is 0.490 e. The normalized spacial score (nSPS) is 14.6. The zero-order valence-corrected chi connectivity index (χ0v) is 16.3. The van der Waals surface area contributed by atoms with Crippen molar-refractivity contribution in [3.05, 3.63) is 60.4 Å². The number of carboxylic acid groups (broad SMARTS) is 1. The van der Waals surface area contributed by atoms with Crippen LogP contribution in [0.25, 0.3) is 11.1 Å². The summed E-state index contributed by atoms with van der Waals surface area (Å²) in [5.74, 6) is -3.97. The van der Waals surface area contributed by atoms with Gasteiger partial charge in [-0.25, -0.2) is 13.6 Å². The first-order valence-electron chi connectivity index (χ1n) is 9.04. The highest BCUT2D eigenvalue weighted by atomic mass is 19.4. The van der Waals surface area contributed by atoms with Gasteiger partial charge in [0.15, 0.2) is 11.5 Å². The maximum absolute atomic E-state index is 14.3. The molecule has 3 N–H and O–H groups in total. The fraction of sp³-hybridized carbons (Fsp3) is 0.150. The van der Waals surface area contributed by atoms with Crippen LogP contribution in [-0.2, 0) is 9.59 Å². The number of hydrogen-bond acceptors (Lipinski definition) is 5. The summed E-state index contributed by atoms with van der Waals surface area (Å²) in [6.45, 7) is 0.000907. The lowest BCUT2D eigenvalue weighted by atomic mass is 10.1. The highest BCUT2D eigenvalue weighted by Crippen LogP contribution is 2.32. The number of carboxylic acids is 1. The molecule has 0 fully saturated rings.